The molecular weight excluding hydrogens is 233 g/mol. The normalized spacial score (nSPS) is 10.5. The van der Waals surface area contributed by atoms with E-state index in [1.165, 1.54) is 0 Å². The van der Waals surface area contributed by atoms with Gasteiger partial charge in [0.2, 0.25) is 0 Å². The van der Waals surface area contributed by atoms with Gasteiger partial charge in [-0.1, -0.05) is 0 Å². The van der Waals surface area contributed by atoms with Crippen molar-refractivity contribution in [3.63, 3.8) is 0 Å². The standard InChI is InChI=1S/C7H13AsN3O2/c1-4-13-7(12)6(10-9)8-5-11(2)3/h4-5H2,1-3H3. The fourth-order valence-corrected chi connectivity index (χ4v) is 1.95. The summed E-state index contributed by atoms with van der Waals surface area (Å²) in [6.07, 6.45) is 0. The Kier molecular flexibility index (Phi) is 6.51. The van der Waals surface area contributed by atoms with E-state index in [0.29, 0.717) is 6.61 Å². The Morgan fingerprint density at radius 3 is 2.62 bits per heavy atom. The Morgan fingerprint density at radius 1 is 1.62 bits per heavy atom. The molecule has 5 nitrogen and oxygen atoms in total. The fourth-order valence-electron chi connectivity index (χ4n) is 0.541. The SMILES string of the molecule is CCOC(=O)C(=[N+]=[N-])[As]CN(C)C. The van der Waals surface area contributed by atoms with Crippen LogP contribution in [0.15, 0.2) is 0 Å². The molecule has 0 aliphatic heterocycles. The van der Waals surface area contributed by atoms with Crippen molar-refractivity contribution < 1.29 is 14.3 Å². The number of rotatable bonds is 5. The Balaban J connectivity index is 4.05. The third-order valence-electron chi connectivity index (χ3n) is 1.06. The average Bonchev–Trinajstić information content (AvgIpc) is 2.05. The molecular formula is C7H13AsN3O2. The van der Waals surface area contributed by atoms with Crippen LogP contribution in [-0.2, 0) is 9.53 Å². The van der Waals surface area contributed by atoms with Gasteiger partial charge in [-0.3, -0.25) is 0 Å². The van der Waals surface area contributed by atoms with Crippen molar-refractivity contribution in [1.82, 2.24) is 4.90 Å². The van der Waals surface area contributed by atoms with Crippen LogP contribution >= 0.6 is 0 Å². The molecule has 0 rings (SSSR count). The molecule has 0 fully saturated rings. The van der Waals surface area contributed by atoms with Crippen molar-refractivity contribution in [2.45, 2.75) is 6.92 Å². The van der Waals surface area contributed by atoms with Crippen LogP contribution in [0.25, 0.3) is 5.53 Å². The maximum atomic E-state index is 11.1. The van der Waals surface area contributed by atoms with Gasteiger partial charge in [0.15, 0.2) is 0 Å². The fraction of sp³-hybridized carbons (Fsp3) is 0.714. The predicted molar refractivity (Wildman–Crippen MR) is 49.6 cm³/mol. The molecule has 0 saturated carbocycles. The second-order valence-corrected chi connectivity index (χ2v) is 4.67. The van der Waals surface area contributed by atoms with E-state index in [4.69, 9.17) is 10.3 Å². The van der Waals surface area contributed by atoms with Gasteiger partial charge in [-0.15, -0.1) is 0 Å². The summed E-state index contributed by atoms with van der Waals surface area (Å²) in [5.41, 5.74) is 8.53. The average molecular weight is 246 g/mol. The molecule has 0 amide bonds. The minimum atomic E-state index is -0.508. The summed E-state index contributed by atoms with van der Waals surface area (Å²) in [6.45, 7) is 2.02. The van der Waals surface area contributed by atoms with Crippen molar-refractivity contribution in [3.05, 3.63) is 5.53 Å². The topological polar surface area (TPSA) is 65.9 Å². The Hall–Kier alpha value is -0.632. The van der Waals surface area contributed by atoms with Crippen LogP contribution in [-0.4, -0.2) is 61.9 Å². The molecule has 0 bridgehead atoms. The van der Waals surface area contributed by atoms with E-state index < -0.39 is 21.7 Å². The quantitative estimate of drug-likeness (QED) is 0.214. The first-order valence-electron chi connectivity index (χ1n) is 3.83. The number of hydrogen-bond acceptors (Lipinski definition) is 3. The molecule has 0 aromatic heterocycles. The first kappa shape index (κ1) is 12.4. The van der Waals surface area contributed by atoms with Crippen LogP contribution in [0.5, 0.6) is 0 Å². The molecule has 1 radical (unpaired) electrons. The summed E-state index contributed by atoms with van der Waals surface area (Å²) < 4.78 is 4.86. The summed E-state index contributed by atoms with van der Waals surface area (Å²) in [4.78, 5) is 15.9. The van der Waals surface area contributed by atoms with Gasteiger partial charge in [0, 0.05) is 0 Å². The number of nitrogens with zero attached hydrogens (tertiary/aromatic N) is 3. The summed E-state index contributed by atoms with van der Waals surface area (Å²) in [6, 6.07) is 0. The zero-order valence-electron chi connectivity index (χ0n) is 8.02. The van der Waals surface area contributed by atoms with E-state index in [-0.39, 0.29) is 4.50 Å². The number of carbonyl (C=O) groups excluding carboxylic acids is 1. The number of carbonyl (C=O) groups is 1. The third-order valence-corrected chi connectivity index (χ3v) is 3.74. The molecule has 73 valence electrons. The van der Waals surface area contributed by atoms with Gasteiger partial charge < -0.3 is 0 Å². The zero-order chi connectivity index (χ0) is 10.3. The van der Waals surface area contributed by atoms with Crippen LogP contribution in [0.4, 0.5) is 0 Å². The van der Waals surface area contributed by atoms with Crippen molar-refractivity contribution in [2.24, 2.45) is 0 Å². The molecule has 6 heteroatoms. The Bertz CT molecular complexity index is 224. The maximum absolute atomic E-state index is 11.1. The molecule has 0 heterocycles. The van der Waals surface area contributed by atoms with E-state index in [1.54, 1.807) is 6.92 Å². The predicted octanol–water partition coefficient (Wildman–Crippen LogP) is -0.599. The van der Waals surface area contributed by atoms with Crippen LogP contribution in [0.3, 0.4) is 0 Å². The first-order chi connectivity index (χ1) is 6.11. The van der Waals surface area contributed by atoms with Crippen molar-refractivity contribution in [3.8, 4) is 0 Å². The second-order valence-electron chi connectivity index (χ2n) is 2.52. The summed E-state index contributed by atoms with van der Waals surface area (Å²) in [5, 5.41) is 0.745. The van der Waals surface area contributed by atoms with Crippen molar-refractivity contribution in [2.75, 3.05) is 26.0 Å². The van der Waals surface area contributed by atoms with Crippen LogP contribution in [0, 0.1) is 0 Å². The molecule has 0 aromatic carbocycles. The van der Waals surface area contributed by atoms with E-state index in [9.17, 15) is 4.79 Å². The summed E-state index contributed by atoms with van der Waals surface area (Å²) in [5.74, 6) is -0.508. The Morgan fingerprint density at radius 2 is 2.23 bits per heavy atom. The van der Waals surface area contributed by atoms with Crippen molar-refractivity contribution >= 4 is 26.2 Å². The number of hydrogen-bond donors (Lipinski definition) is 0. The number of esters is 1. The third kappa shape index (κ3) is 5.58. The monoisotopic (exact) mass is 246 g/mol. The first-order valence-corrected chi connectivity index (χ1v) is 6.09. The molecule has 13 heavy (non-hydrogen) atoms. The van der Waals surface area contributed by atoms with Gasteiger partial charge in [0.25, 0.3) is 0 Å². The second kappa shape index (κ2) is 6.84. The van der Waals surface area contributed by atoms with E-state index in [1.807, 2.05) is 19.0 Å². The van der Waals surface area contributed by atoms with Gasteiger partial charge in [-0.05, 0) is 0 Å². The van der Waals surface area contributed by atoms with E-state index in [0.717, 1.165) is 5.33 Å². The number of ether oxygens (including phenoxy) is 1. The molecule has 0 unspecified atom stereocenters. The molecule has 0 saturated heterocycles. The molecule has 0 aliphatic carbocycles. The minimum absolute atomic E-state index is 0.159. The van der Waals surface area contributed by atoms with Crippen LogP contribution < -0.4 is 0 Å². The summed E-state index contributed by atoms with van der Waals surface area (Å²) >= 11 is -0.439. The van der Waals surface area contributed by atoms with Gasteiger partial charge in [0.1, 0.15) is 0 Å². The van der Waals surface area contributed by atoms with Gasteiger partial charge in [-0.2, -0.15) is 0 Å². The zero-order valence-corrected chi connectivity index (χ0v) is 9.90. The Labute approximate surface area is 84.4 Å². The van der Waals surface area contributed by atoms with Gasteiger partial charge in [-0.25, -0.2) is 0 Å². The summed E-state index contributed by atoms with van der Waals surface area (Å²) in [7, 11) is 3.80. The van der Waals surface area contributed by atoms with Gasteiger partial charge >= 0.3 is 83.9 Å². The van der Waals surface area contributed by atoms with Crippen LogP contribution in [0.1, 0.15) is 6.92 Å². The van der Waals surface area contributed by atoms with Crippen molar-refractivity contribution in [1.29, 1.82) is 0 Å². The van der Waals surface area contributed by atoms with E-state index in [2.05, 4.69) is 4.79 Å². The molecule has 0 atom stereocenters. The van der Waals surface area contributed by atoms with E-state index >= 15 is 0 Å². The molecule has 0 aliphatic rings. The molecule has 0 aromatic rings. The molecule has 0 N–H and O–H groups in total. The molecule has 0 spiro atoms. The van der Waals surface area contributed by atoms with Crippen LogP contribution in [0.2, 0.25) is 0 Å². The van der Waals surface area contributed by atoms with Gasteiger partial charge in [0.05, 0.1) is 0 Å².